The lowest BCUT2D eigenvalue weighted by atomic mass is 10.1. The van der Waals surface area contributed by atoms with E-state index < -0.39 is 16.1 Å². The Morgan fingerprint density at radius 1 is 1.08 bits per heavy atom. The van der Waals surface area contributed by atoms with Gasteiger partial charge in [0, 0.05) is 24.5 Å². The lowest BCUT2D eigenvalue weighted by Gasteiger charge is -2.18. The molecular formula is C24H26N8O3S. The molecular weight excluding hydrogens is 480 g/mol. The second-order valence-electron chi connectivity index (χ2n) is 8.18. The number of benzene rings is 2. The van der Waals surface area contributed by atoms with Gasteiger partial charge in [-0.2, -0.15) is 0 Å². The second kappa shape index (κ2) is 10.5. The van der Waals surface area contributed by atoms with E-state index in [4.69, 9.17) is 0 Å². The molecule has 0 radical (unpaired) electrons. The zero-order valence-electron chi connectivity index (χ0n) is 20.0. The number of anilines is 2. The molecule has 186 valence electrons. The van der Waals surface area contributed by atoms with Crippen molar-refractivity contribution in [2.24, 2.45) is 7.05 Å². The number of carbonyl (C=O) groups is 1. The van der Waals surface area contributed by atoms with Crippen molar-refractivity contribution in [3.63, 3.8) is 0 Å². The predicted octanol–water partition coefficient (Wildman–Crippen LogP) is 2.75. The number of sulfonamides is 1. The first-order valence-corrected chi connectivity index (χ1v) is 13.0. The Morgan fingerprint density at radius 3 is 2.64 bits per heavy atom. The highest BCUT2D eigenvalue weighted by Crippen LogP contribution is 2.24. The van der Waals surface area contributed by atoms with Gasteiger partial charge in [-0.25, -0.2) is 18.4 Å². The van der Waals surface area contributed by atoms with Crippen LogP contribution in [0.2, 0.25) is 0 Å². The summed E-state index contributed by atoms with van der Waals surface area (Å²) in [7, 11) is -1.60. The number of para-hydroxylation sites is 1. The summed E-state index contributed by atoms with van der Waals surface area (Å²) in [5.74, 6) is 1.04. The van der Waals surface area contributed by atoms with E-state index in [1.165, 1.54) is 6.33 Å². The minimum absolute atomic E-state index is 0.287. The summed E-state index contributed by atoms with van der Waals surface area (Å²) in [6.07, 6.45) is 4.19. The number of hydrogen-bond acceptors (Lipinski definition) is 8. The van der Waals surface area contributed by atoms with E-state index in [9.17, 15) is 13.2 Å². The van der Waals surface area contributed by atoms with Gasteiger partial charge in [-0.3, -0.25) is 9.52 Å². The molecule has 1 atom stereocenters. The van der Waals surface area contributed by atoms with E-state index >= 15 is 0 Å². The number of rotatable bonds is 9. The van der Waals surface area contributed by atoms with Crippen LogP contribution in [0.5, 0.6) is 0 Å². The third-order valence-corrected chi connectivity index (χ3v) is 6.01. The number of carbonyl (C=O) groups excluding carboxylic acids is 1. The molecule has 2 aromatic heterocycles. The van der Waals surface area contributed by atoms with E-state index in [-0.39, 0.29) is 5.91 Å². The Labute approximate surface area is 209 Å². The summed E-state index contributed by atoms with van der Waals surface area (Å²) in [5.41, 5.74) is 2.95. The van der Waals surface area contributed by atoms with Gasteiger partial charge in [0.1, 0.15) is 12.0 Å². The SMILES string of the molecule is CC(NC(=O)c1cccc(NCc2nnc(-c3ccncn3)n2C)c1)c1ccccc1NS(C)(=O)=O. The smallest absolute Gasteiger partial charge is 0.251 e. The van der Waals surface area contributed by atoms with E-state index in [1.807, 2.05) is 17.7 Å². The highest BCUT2D eigenvalue weighted by Gasteiger charge is 2.17. The van der Waals surface area contributed by atoms with E-state index in [2.05, 4.69) is 35.5 Å². The van der Waals surface area contributed by atoms with Crippen molar-refractivity contribution >= 4 is 27.3 Å². The van der Waals surface area contributed by atoms with Crippen molar-refractivity contribution in [1.82, 2.24) is 30.0 Å². The molecule has 4 aromatic rings. The van der Waals surface area contributed by atoms with Gasteiger partial charge in [-0.05, 0) is 42.8 Å². The first-order valence-electron chi connectivity index (χ1n) is 11.1. The first-order chi connectivity index (χ1) is 17.2. The Hall–Kier alpha value is -4.32. The van der Waals surface area contributed by atoms with Crippen molar-refractivity contribution < 1.29 is 13.2 Å². The molecule has 2 heterocycles. The maximum Gasteiger partial charge on any atom is 0.251 e. The van der Waals surface area contributed by atoms with Gasteiger partial charge in [-0.1, -0.05) is 24.3 Å². The topological polar surface area (TPSA) is 144 Å². The van der Waals surface area contributed by atoms with Gasteiger partial charge in [0.15, 0.2) is 11.6 Å². The molecule has 11 nitrogen and oxygen atoms in total. The van der Waals surface area contributed by atoms with Crippen molar-refractivity contribution in [3.8, 4) is 11.5 Å². The Bertz CT molecular complexity index is 1470. The maximum absolute atomic E-state index is 12.9. The van der Waals surface area contributed by atoms with Gasteiger partial charge in [0.2, 0.25) is 10.0 Å². The largest absolute Gasteiger partial charge is 0.378 e. The quantitative estimate of drug-likeness (QED) is 0.314. The van der Waals surface area contributed by atoms with Crippen LogP contribution in [-0.2, 0) is 23.6 Å². The van der Waals surface area contributed by atoms with Gasteiger partial charge >= 0.3 is 0 Å². The zero-order chi connectivity index (χ0) is 25.7. The average molecular weight is 507 g/mol. The van der Waals surface area contributed by atoms with Crippen LogP contribution in [0.15, 0.2) is 67.1 Å². The molecule has 3 N–H and O–H groups in total. The molecule has 2 aromatic carbocycles. The van der Waals surface area contributed by atoms with Crippen LogP contribution in [0.25, 0.3) is 11.5 Å². The van der Waals surface area contributed by atoms with Crippen LogP contribution in [0.3, 0.4) is 0 Å². The molecule has 4 rings (SSSR count). The van der Waals surface area contributed by atoms with Crippen LogP contribution in [0, 0.1) is 0 Å². The maximum atomic E-state index is 12.9. The van der Waals surface area contributed by atoms with Crippen molar-refractivity contribution in [3.05, 3.63) is 84.1 Å². The molecule has 36 heavy (non-hydrogen) atoms. The molecule has 1 unspecified atom stereocenters. The van der Waals surface area contributed by atoms with Crippen LogP contribution in [0.1, 0.15) is 34.7 Å². The van der Waals surface area contributed by atoms with Gasteiger partial charge in [-0.15, -0.1) is 10.2 Å². The summed E-state index contributed by atoms with van der Waals surface area (Å²) in [6.45, 7) is 2.19. The number of aromatic nitrogens is 5. The number of nitrogens with one attached hydrogen (secondary N) is 3. The molecule has 1 amide bonds. The average Bonchev–Trinajstić information content (AvgIpc) is 3.23. The summed E-state index contributed by atoms with van der Waals surface area (Å²) in [6, 6.07) is 15.4. The third kappa shape index (κ3) is 6.02. The minimum Gasteiger partial charge on any atom is -0.378 e. The van der Waals surface area contributed by atoms with Gasteiger partial charge in [0.25, 0.3) is 5.91 Å². The molecule has 0 aliphatic rings. The van der Waals surface area contributed by atoms with E-state index in [0.717, 1.165) is 11.9 Å². The van der Waals surface area contributed by atoms with Crippen LogP contribution in [0.4, 0.5) is 11.4 Å². The standard InChI is InChI=1S/C24H26N8O3S/c1-16(19-9-4-5-10-20(19)31-36(3,34)35)28-24(33)17-7-6-8-18(13-17)26-14-22-29-30-23(32(22)2)21-11-12-25-15-27-21/h4-13,15-16,26,31H,14H2,1-3H3,(H,28,33). The molecule has 0 bridgehead atoms. The van der Waals surface area contributed by atoms with Crippen LogP contribution < -0.4 is 15.4 Å². The number of nitrogens with zero attached hydrogens (tertiary/aromatic N) is 5. The molecule has 0 saturated carbocycles. The molecule has 0 aliphatic carbocycles. The highest BCUT2D eigenvalue weighted by atomic mass is 32.2. The van der Waals surface area contributed by atoms with E-state index in [0.29, 0.717) is 40.7 Å². The van der Waals surface area contributed by atoms with Crippen molar-refractivity contribution in [1.29, 1.82) is 0 Å². The Morgan fingerprint density at radius 2 is 1.89 bits per heavy atom. The van der Waals surface area contributed by atoms with Crippen molar-refractivity contribution in [2.45, 2.75) is 19.5 Å². The Balaban J connectivity index is 1.43. The molecule has 0 fully saturated rings. The fourth-order valence-electron chi connectivity index (χ4n) is 3.64. The normalized spacial score (nSPS) is 12.1. The van der Waals surface area contributed by atoms with E-state index in [1.54, 1.807) is 61.7 Å². The van der Waals surface area contributed by atoms with Crippen LogP contribution >= 0.6 is 0 Å². The molecule has 0 saturated heterocycles. The summed E-state index contributed by atoms with van der Waals surface area (Å²) >= 11 is 0. The number of hydrogen-bond donors (Lipinski definition) is 3. The van der Waals surface area contributed by atoms with Crippen LogP contribution in [-0.4, -0.2) is 45.3 Å². The molecule has 0 spiro atoms. The third-order valence-electron chi connectivity index (χ3n) is 5.42. The predicted molar refractivity (Wildman–Crippen MR) is 137 cm³/mol. The Kier molecular flexibility index (Phi) is 7.25. The fraction of sp³-hybridized carbons (Fsp3) is 0.208. The molecule has 12 heteroatoms. The second-order valence-corrected chi connectivity index (χ2v) is 9.93. The summed E-state index contributed by atoms with van der Waals surface area (Å²) < 4.78 is 27.7. The summed E-state index contributed by atoms with van der Waals surface area (Å²) in [4.78, 5) is 21.1. The number of amides is 1. The lowest BCUT2D eigenvalue weighted by Crippen LogP contribution is -2.27. The zero-order valence-corrected chi connectivity index (χ0v) is 20.8. The van der Waals surface area contributed by atoms with Gasteiger partial charge < -0.3 is 15.2 Å². The summed E-state index contributed by atoms with van der Waals surface area (Å²) in [5, 5.41) is 14.6. The highest BCUT2D eigenvalue weighted by molar-refractivity contribution is 7.92. The van der Waals surface area contributed by atoms with Crippen molar-refractivity contribution in [2.75, 3.05) is 16.3 Å². The fourth-order valence-corrected chi connectivity index (χ4v) is 4.22. The lowest BCUT2D eigenvalue weighted by molar-refractivity contribution is 0.0940. The monoisotopic (exact) mass is 506 g/mol. The van der Waals surface area contributed by atoms with Gasteiger partial charge in [0.05, 0.1) is 24.5 Å². The first kappa shape index (κ1) is 24.8. The minimum atomic E-state index is -3.45. The molecule has 0 aliphatic heterocycles.